The van der Waals surface area contributed by atoms with Crippen LogP contribution in [0.4, 0.5) is 5.69 Å². The van der Waals surface area contributed by atoms with Crippen molar-refractivity contribution in [2.24, 2.45) is 5.92 Å². The van der Waals surface area contributed by atoms with Crippen LogP contribution in [0.25, 0.3) is 22.3 Å². The molecule has 0 saturated heterocycles. The van der Waals surface area contributed by atoms with E-state index < -0.39 is 0 Å². The molecule has 0 aromatic heterocycles. The third kappa shape index (κ3) is 5.09. The van der Waals surface area contributed by atoms with Crippen LogP contribution < -0.4 is 4.90 Å². The van der Waals surface area contributed by atoms with Crippen molar-refractivity contribution in [2.45, 2.75) is 24.2 Å². The molecule has 3 aliphatic carbocycles. The van der Waals surface area contributed by atoms with Gasteiger partial charge < -0.3 is 4.90 Å². The summed E-state index contributed by atoms with van der Waals surface area (Å²) in [5.41, 5.74) is 13.8. The molecule has 2 unspecified atom stereocenters. The highest BCUT2D eigenvalue weighted by atomic mass is 15.2. The molecule has 0 aliphatic heterocycles. The predicted octanol–water partition coefficient (Wildman–Crippen LogP) is 12.3. The number of rotatable bonds is 7. The fourth-order valence-electron chi connectivity index (χ4n) is 8.64. The van der Waals surface area contributed by atoms with Gasteiger partial charge in [-0.25, -0.2) is 0 Å². The molecule has 0 N–H and O–H groups in total. The lowest BCUT2D eigenvalue weighted by Gasteiger charge is -2.41. The van der Waals surface area contributed by atoms with Crippen molar-refractivity contribution in [1.82, 2.24) is 0 Å². The van der Waals surface area contributed by atoms with E-state index in [0.29, 0.717) is 0 Å². The van der Waals surface area contributed by atoms with Crippen molar-refractivity contribution in [2.75, 3.05) is 4.90 Å². The minimum absolute atomic E-state index is 0.203. The van der Waals surface area contributed by atoms with Crippen LogP contribution >= 0.6 is 0 Å². The molecule has 0 fully saturated rings. The van der Waals surface area contributed by atoms with E-state index in [0.717, 1.165) is 12.8 Å². The molecule has 6 aromatic carbocycles. The second kappa shape index (κ2) is 12.8. The Bertz CT molecular complexity index is 2200. The molecular weight excluding hydrogens is 603 g/mol. The van der Waals surface area contributed by atoms with Gasteiger partial charge in [0.05, 0.1) is 5.41 Å². The standard InChI is InChI=1S/C49H39N/c1-5-15-36(16-6-1)37-25-27-38(28-26-37)39-29-31-43(32-30-39)50(42-21-11-4-12-22-42)44-33-34-46-45-23-13-14-24-47(45)49(48(46)35-44,40-17-7-2-8-18-40)41-19-9-3-10-20-41/h1-11,13-21,23-35,46,48H,12,22H2. The quantitative estimate of drug-likeness (QED) is 0.168. The second-order valence-corrected chi connectivity index (χ2v) is 13.6. The first-order valence-electron chi connectivity index (χ1n) is 17.8. The van der Waals surface area contributed by atoms with Gasteiger partial charge in [0.25, 0.3) is 0 Å². The molecule has 0 heterocycles. The molecule has 1 nitrogen and oxygen atoms in total. The van der Waals surface area contributed by atoms with E-state index in [1.165, 1.54) is 61.6 Å². The summed E-state index contributed by atoms with van der Waals surface area (Å²) < 4.78 is 0. The molecule has 0 bridgehead atoms. The average Bonchev–Trinajstić information content (AvgIpc) is 3.50. The molecule has 240 valence electrons. The molecule has 3 aliphatic rings. The minimum atomic E-state index is -0.317. The Hall–Kier alpha value is -5.92. The fourth-order valence-corrected chi connectivity index (χ4v) is 8.64. The van der Waals surface area contributed by atoms with Crippen molar-refractivity contribution in [1.29, 1.82) is 0 Å². The van der Waals surface area contributed by atoms with Gasteiger partial charge >= 0.3 is 0 Å². The summed E-state index contributed by atoms with van der Waals surface area (Å²) in [5.74, 6) is 0.480. The van der Waals surface area contributed by atoms with E-state index in [9.17, 15) is 0 Å². The maximum Gasteiger partial charge on any atom is 0.0526 e. The Morgan fingerprint density at radius 2 is 1.08 bits per heavy atom. The highest BCUT2D eigenvalue weighted by Gasteiger charge is 2.53. The van der Waals surface area contributed by atoms with Crippen LogP contribution in [0.5, 0.6) is 0 Å². The summed E-state index contributed by atoms with van der Waals surface area (Å²) >= 11 is 0. The van der Waals surface area contributed by atoms with Crippen molar-refractivity contribution in [3.8, 4) is 22.3 Å². The summed E-state index contributed by atoms with van der Waals surface area (Å²) in [5, 5.41) is 0. The number of hydrogen-bond acceptors (Lipinski definition) is 1. The molecule has 0 amide bonds. The normalized spacial score (nSPS) is 18.5. The van der Waals surface area contributed by atoms with Gasteiger partial charge in [-0.3, -0.25) is 0 Å². The number of fused-ring (bicyclic) bond motifs is 3. The first-order chi connectivity index (χ1) is 24.8. The monoisotopic (exact) mass is 641 g/mol. The summed E-state index contributed by atoms with van der Waals surface area (Å²) in [6, 6.07) is 60.2. The first-order valence-corrected chi connectivity index (χ1v) is 17.8. The third-order valence-electron chi connectivity index (χ3n) is 10.9. The molecule has 0 radical (unpaired) electrons. The topological polar surface area (TPSA) is 3.24 Å². The van der Waals surface area contributed by atoms with E-state index in [-0.39, 0.29) is 17.3 Å². The molecule has 0 saturated carbocycles. The number of hydrogen-bond donors (Lipinski definition) is 0. The van der Waals surface area contributed by atoms with Gasteiger partial charge in [0, 0.05) is 28.9 Å². The Labute approximate surface area is 295 Å². The average molecular weight is 642 g/mol. The lowest BCUT2D eigenvalue weighted by molar-refractivity contribution is 0.453. The number of benzene rings is 6. The minimum Gasteiger partial charge on any atom is -0.315 e. The third-order valence-corrected chi connectivity index (χ3v) is 10.9. The zero-order valence-corrected chi connectivity index (χ0v) is 28.1. The zero-order valence-electron chi connectivity index (χ0n) is 28.1. The summed E-state index contributed by atoms with van der Waals surface area (Å²) in [7, 11) is 0. The van der Waals surface area contributed by atoms with Crippen molar-refractivity contribution < 1.29 is 0 Å². The van der Waals surface area contributed by atoms with Gasteiger partial charge in [-0.2, -0.15) is 0 Å². The van der Waals surface area contributed by atoms with Crippen LogP contribution in [0, 0.1) is 5.92 Å². The first kappa shape index (κ1) is 30.2. The maximum atomic E-state index is 2.58. The molecule has 50 heavy (non-hydrogen) atoms. The fraction of sp³-hybridized carbons (Fsp3) is 0.102. The highest BCUT2D eigenvalue weighted by Crippen LogP contribution is 2.60. The van der Waals surface area contributed by atoms with Gasteiger partial charge in [-0.1, -0.05) is 176 Å². The van der Waals surface area contributed by atoms with Crippen LogP contribution in [-0.2, 0) is 5.41 Å². The van der Waals surface area contributed by atoms with Gasteiger partial charge in [-0.15, -0.1) is 0 Å². The van der Waals surface area contributed by atoms with Crippen LogP contribution in [0.15, 0.2) is 212 Å². The van der Waals surface area contributed by atoms with E-state index >= 15 is 0 Å². The zero-order chi connectivity index (χ0) is 33.3. The Balaban J connectivity index is 1.14. The molecule has 1 heteroatoms. The summed E-state index contributed by atoms with van der Waals surface area (Å²) in [6.45, 7) is 0. The lowest BCUT2D eigenvalue weighted by atomic mass is 9.63. The van der Waals surface area contributed by atoms with Crippen LogP contribution in [0.1, 0.15) is 41.0 Å². The van der Waals surface area contributed by atoms with E-state index in [1.54, 1.807) is 0 Å². The Morgan fingerprint density at radius 3 is 1.68 bits per heavy atom. The molecule has 9 rings (SSSR count). The second-order valence-electron chi connectivity index (χ2n) is 13.6. The SMILES string of the molecule is C1=CCCC(N(C2=CC3C(C=C2)c2ccccc2C3(c2ccccc2)c2ccccc2)c2ccc(-c3ccc(-c4ccccc4)cc3)cc2)=C1. The van der Waals surface area contributed by atoms with Crippen molar-refractivity contribution in [3.05, 3.63) is 234 Å². The van der Waals surface area contributed by atoms with E-state index in [1.807, 2.05) is 0 Å². The van der Waals surface area contributed by atoms with Crippen LogP contribution in [0.3, 0.4) is 0 Å². The largest absolute Gasteiger partial charge is 0.315 e. The maximum absolute atomic E-state index is 2.58. The van der Waals surface area contributed by atoms with Gasteiger partial charge in [0.2, 0.25) is 0 Å². The summed E-state index contributed by atoms with van der Waals surface area (Å²) in [6.07, 6.45) is 16.3. The molecule has 0 spiro atoms. The Kier molecular flexibility index (Phi) is 7.75. The molecule has 6 aromatic rings. The van der Waals surface area contributed by atoms with Crippen LogP contribution in [0.2, 0.25) is 0 Å². The van der Waals surface area contributed by atoms with Crippen LogP contribution in [-0.4, -0.2) is 0 Å². The number of anilines is 1. The predicted molar refractivity (Wildman–Crippen MR) is 209 cm³/mol. The van der Waals surface area contributed by atoms with Gasteiger partial charge in [0.15, 0.2) is 0 Å². The van der Waals surface area contributed by atoms with Crippen molar-refractivity contribution in [3.63, 3.8) is 0 Å². The molecular formula is C49H39N. The van der Waals surface area contributed by atoms with Crippen molar-refractivity contribution >= 4 is 5.69 Å². The smallest absolute Gasteiger partial charge is 0.0526 e. The van der Waals surface area contributed by atoms with Gasteiger partial charge in [-0.05, 0) is 81.6 Å². The summed E-state index contributed by atoms with van der Waals surface area (Å²) in [4.78, 5) is 2.50. The van der Waals surface area contributed by atoms with Gasteiger partial charge in [0.1, 0.15) is 0 Å². The highest BCUT2D eigenvalue weighted by molar-refractivity contribution is 5.73. The van der Waals surface area contributed by atoms with E-state index in [4.69, 9.17) is 0 Å². The lowest BCUT2D eigenvalue weighted by Crippen LogP contribution is -2.36. The Morgan fingerprint density at radius 1 is 0.540 bits per heavy atom. The number of allylic oxidation sites excluding steroid dienone is 7. The van der Waals surface area contributed by atoms with E-state index in [2.05, 4.69) is 205 Å². The number of nitrogens with zero attached hydrogens (tertiary/aromatic N) is 1. The molecule has 2 atom stereocenters.